The second-order valence-corrected chi connectivity index (χ2v) is 4.76. The molecule has 0 N–H and O–H groups in total. The van der Waals surface area contributed by atoms with E-state index in [2.05, 4.69) is 9.88 Å². The topological polar surface area (TPSA) is 42.4 Å². The van der Waals surface area contributed by atoms with Crippen LogP contribution in [0.4, 0.5) is 5.82 Å². The van der Waals surface area contributed by atoms with E-state index in [9.17, 15) is 4.79 Å². The zero-order valence-corrected chi connectivity index (χ0v) is 9.71. The highest BCUT2D eigenvalue weighted by Gasteiger charge is 2.34. The zero-order chi connectivity index (χ0) is 11.7. The van der Waals surface area contributed by atoms with Crippen LogP contribution >= 0.6 is 0 Å². The van der Waals surface area contributed by atoms with Gasteiger partial charge in [-0.1, -0.05) is 6.07 Å². The van der Waals surface area contributed by atoms with Crippen molar-refractivity contribution in [1.82, 2.24) is 4.98 Å². The molecule has 0 unspecified atom stereocenters. The van der Waals surface area contributed by atoms with Crippen molar-refractivity contribution in [2.24, 2.45) is 5.92 Å². The van der Waals surface area contributed by atoms with Crippen molar-refractivity contribution in [3.63, 3.8) is 0 Å². The quantitative estimate of drug-likeness (QED) is 0.743. The second kappa shape index (κ2) is 4.35. The number of anilines is 1. The Morgan fingerprint density at radius 1 is 1.35 bits per heavy atom. The molecule has 0 spiro atoms. The van der Waals surface area contributed by atoms with E-state index in [1.54, 1.807) is 6.20 Å². The predicted octanol–water partition coefficient (Wildman–Crippen LogP) is 1.61. The van der Waals surface area contributed by atoms with Crippen molar-refractivity contribution >= 4 is 11.8 Å². The highest BCUT2D eigenvalue weighted by atomic mass is 16.5. The molecule has 1 atom stereocenters. The van der Waals surface area contributed by atoms with E-state index in [1.165, 1.54) is 0 Å². The molecule has 17 heavy (non-hydrogen) atoms. The van der Waals surface area contributed by atoms with Crippen LogP contribution in [0, 0.1) is 5.92 Å². The second-order valence-electron chi connectivity index (χ2n) is 4.76. The van der Waals surface area contributed by atoms with Gasteiger partial charge in [0.25, 0.3) is 0 Å². The summed E-state index contributed by atoms with van der Waals surface area (Å²) < 4.78 is 5.48. The molecule has 1 saturated heterocycles. The Morgan fingerprint density at radius 3 is 2.94 bits per heavy atom. The van der Waals surface area contributed by atoms with Crippen LogP contribution in [0.3, 0.4) is 0 Å². The summed E-state index contributed by atoms with van der Waals surface area (Å²) in [6, 6.07) is 5.88. The van der Waals surface area contributed by atoms with Gasteiger partial charge in [0.1, 0.15) is 11.9 Å². The summed E-state index contributed by atoms with van der Waals surface area (Å²) >= 11 is 0. The number of carbonyl (C=O) groups is 1. The van der Waals surface area contributed by atoms with Gasteiger partial charge in [-0.3, -0.25) is 4.79 Å². The third kappa shape index (κ3) is 2.40. The molecule has 1 saturated carbocycles. The Balaban J connectivity index is 1.56. The number of aromatic nitrogens is 1. The molecule has 1 aliphatic carbocycles. The fourth-order valence-electron chi connectivity index (χ4n) is 2.15. The molecule has 2 aliphatic rings. The van der Waals surface area contributed by atoms with Crippen LogP contribution in [0.25, 0.3) is 0 Å². The van der Waals surface area contributed by atoms with Crippen LogP contribution < -0.4 is 4.90 Å². The Morgan fingerprint density at radius 2 is 2.24 bits per heavy atom. The number of ether oxygens (including phenoxy) is 1. The van der Waals surface area contributed by atoms with Gasteiger partial charge in [0.2, 0.25) is 0 Å². The van der Waals surface area contributed by atoms with Gasteiger partial charge in [-0.15, -0.1) is 0 Å². The van der Waals surface area contributed by atoms with Crippen LogP contribution in [0.5, 0.6) is 0 Å². The fourth-order valence-corrected chi connectivity index (χ4v) is 2.15. The van der Waals surface area contributed by atoms with E-state index in [-0.39, 0.29) is 18.0 Å². The lowest BCUT2D eigenvalue weighted by Crippen LogP contribution is -2.25. The van der Waals surface area contributed by atoms with Gasteiger partial charge in [0.15, 0.2) is 0 Å². The summed E-state index contributed by atoms with van der Waals surface area (Å²) in [4.78, 5) is 18.0. The number of pyridine rings is 1. The van der Waals surface area contributed by atoms with Crippen molar-refractivity contribution in [3.05, 3.63) is 24.4 Å². The minimum absolute atomic E-state index is 0.00197. The molecule has 0 radical (unpaired) electrons. The van der Waals surface area contributed by atoms with E-state index in [0.717, 1.165) is 38.2 Å². The highest BCUT2D eigenvalue weighted by Crippen LogP contribution is 2.31. The molecule has 0 aromatic carbocycles. The highest BCUT2D eigenvalue weighted by molar-refractivity contribution is 5.75. The Bertz CT molecular complexity index is 403. The molecule has 4 heteroatoms. The van der Waals surface area contributed by atoms with E-state index < -0.39 is 0 Å². The predicted molar refractivity (Wildman–Crippen MR) is 63.7 cm³/mol. The third-order valence-corrected chi connectivity index (χ3v) is 3.31. The normalized spacial score (nSPS) is 23.8. The number of hydrogen-bond acceptors (Lipinski definition) is 4. The van der Waals surface area contributed by atoms with Crippen LogP contribution in [0.1, 0.15) is 19.3 Å². The Labute approximate surface area is 101 Å². The maximum absolute atomic E-state index is 11.5. The molecule has 1 aliphatic heterocycles. The van der Waals surface area contributed by atoms with Crippen LogP contribution in [0.15, 0.2) is 24.4 Å². The van der Waals surface area contributed by atoms with E-state index in [0.29, 0.717) is 0 Å². The molecule has 3 rings (SSSR count). The third-order valence-electron chi connectivity index (χ3n) is 3.31. The first-order valence-corrected chi connectivity index (χ1v) is 6.19. The minimum atomic E-state index is -0.00197. The summed E-state index contributed by atoms with van der Waals surface area (Å²) in [6.45, 7) is 1.69. The first-order valence-electron chi connectivity index (χ1n) is 6.19. The number of nitrogens with zero attached hydrogens (tertiary/aromatic N) is 2. The number of carbonyl (C=O) groups excluding carboxylic acids is 1. The number of esters is 1. The van der Waals surface area contributed by atoms with Crippen molar-refractivity contribution in [1.29, 1.82) is 0 Å². The number of hydrogen-bond donors (Lipinski definition) is 0. The van der Waals surface area contributed by atoms with Gasteiger partial charge in [-0.25, -0.2) is 4.98 Å². The summed E-state index contributed by atoms with van der Waals surface area (Å²) in [6.07, 6.45) is 4.77. The van der Waals surface area contributed by atoms with Crippen molar-refractivity contribution in [2.45, 2.75) is 25.4 Å². The average molecular weight is 232 g/mol. The molecule has 2 fully saturated rings. The van der Waals surface area contributed by atoms with E-state index in [1.807, 2.05) is 18.2 Å². The molecule has 4 nitrogen and oxygen atoms in total. The summed E-state index contributed by atoms with van der Waals surface area (Å²) in [5.41, 5.74) is 0. The van der Waals surface area contributed by atoms with Crippen LogP contribution in [-0.2, 0) is 9.53 Å². The first kappa shape index (κ1) is 10.6. The lowest BCUT2D eigenvalue weighted by atomic mass is 10.3. The zero-order valence-electron chi connectivity index (χ0n) is 9.71. The standard InChI is InChI=1S/C13H16N2O2/c16-13(10-4-5-10)17-11-6-8-15(9-11)12-3-1-2-7-14-12/h1-3,7,10-11H,4-6,8-9H2/t11-/m1/s1. The molecule has 1 aromatic rings. The molecular weight excluding hydrogens is 216 g/mol. The Kier molecular flexibility index (Phi) is 2.71. The molecule has 2 heterocycles. The summed E-state index contributed by atoms with van der Waals surface area (Å²) in [7, 11) is 0. The minimum Gasteiger partial charge on any atom is -0.460 e. The largest absolute Gasteiger partial charge is 0.460 e. The van der Waals surface area contributed by atoms with Gasteiger partial charge >= 0.3 is 5.97 Å². The Hall–Kier alpha value is -1.58. The maximum atomic E-state index is 11.5. The maximum Gasteiger partial charge on any atom is 0.309 e. The van der Waals surface area contributed by atoms with Gasteiger partial charge < -0.3 is 9.64 Å². The van der Waals surface area contributed by atoms with Gasteiger partial charge in [-0.05, 0) is 25.0 Å². The van der Waals surface area contributed by atoms with Gasteiger partial charge in [-0.2, -0.15) is 0 Å². The lowest BCUT2D eigenvalue weighted by Gasteiger charge is -2.17. The lowest BCUT2D eigenvalue weighted by molar-refractivity contribution is -0.149. The van der Waals surface area contributed by atoms with Crippen LogP contribution in [0.2, 0.25) is 0 Å². The SMILES string of the molecule is O=C(O[C@@H]1CCN(c2ccccn2)C1)C1CC1. The molecule has 0 amide bonds. The van der Waals surface area contributed by atoms with Gasteiger partial charge in [0.05, 0.1) is 12.5 Å². The summed E-state index contributed by atoms with van der Waals surface area (Å²) in [5.74, 6) is 1.16. The molecule has 1 aromatic heterocycles. The van der Waals surface area contributed by atoms with Crippen LogP contribution in [-0.4, -0.2) is 30.1 Å². The van der Waals surface area contributed by atoms with Crippen molar-refractivity contribution < 1.29 is 9.53 Å². The number of rotatable bonds is 3. The fraction of sp³-hybridized carbons (Fsp3) is 0.538. The van der Waals surface area contributed by atoms with E-state index >= 15 is 0 Å². The van der Waals surface area contributed by atoms with E-state index in [4.69, 9.17) is 4.74 Å². The summed E-state index contributed by atoms with van der Waals surface area (Å²) in [5, 5.41) is 0. The van der Waals surface area contributed by atoms with Gasteiger partial charge in [0, 0.05) is 19.2 Å². The average Bonchev–Trinajstić information content (AvgIpc) is 3.12. The molecule has 90 valence electrons. The first-order chi connectivity index (χ1) is 8.33. The van der Waals surface area contributed by atoms with Crippen molar-refractivity contribution in [3.8, 4) is 0 Å². The van der Waals surface area contributed by atoms with Crippen molar-refractivity contribution in [2.75, 3.05) is 18.0 Å². The monoisotopic (exact) mass is 232 g/mol. The molecular formula is C13H16N2O2. The smallest absolute Gasteiger partial charge is 0.309 e. The molecule has 0 bridgehead atoms.